The van der Waals surface area contributed by atoms with Gasteiger partial charge in [0, 0.05) is 13.1 Å². The lowest BCUT2D eigenvalue weighted by Crippen LogP contribution is -2.47. The van der Waals surface area contributed by atoms with Crippen molar-refractivity contribution in [2.75, 3.05) is 6.61 Å². The Balaban J connectivity index is 2.69. The third-order valence-electron chi connectivity index (χ3n) is 3.60. The minimum Gasteiger partial charge on any atom is -0.394 e. The van der Waals surface area contributed by atoms with Crippen molar-refractivity contribution in [3.8, 4) is 0 Å². The summed E-state index contributed by atoms with van der Waals surface area (Å²) in [4.78, 5) is 47.4. The molecule has 2 rings (SSSR count). The molecule has 23 heavy (non-hydrogen) atoms. The molecule has 3 N–H and O–H groups in total. The highest BCUT2D eigenvalue weighted by Crippen LogP contribution is 2.28. The summed E-state index contributed by atoms with van der Waals surface area (Å²) in [7, 11) is 0. The Morgan fingerprint density at radius 1 is 1.22 bits per heavy atom. The van der Waals surface area contributed by atoms with E-state index in [9.17, 15) is 29.4 Å². The molecule has 1 aliphatic rings. The smallest absolute Gasteiger partial charge is 0.340 e. The van der Waals surface area contributed by atoms with Gasteiger partial charge in [0.1, 0.15) is 18.3 Å². The zero-order chi connectivity index (χ0) is 17.5. The summed E-state index contributed by atoms with van der Waals surface area (Å²) in [6.07, 6.45) is -4.82. The van der Waals surface area contributed by atoms with Gasteiger partial charge in [-0.25, -0.2) is 4.79 Å². The third-order valence-corrected chi connectivity index (χ3v) is 3.60. The van der Waals surface area contributed by atoms with Crippen LogP contribution in [0.15, 0.2) is 15.8 Å². The first-order chi connectivity index (χ1) is 10.7. The number of Topliss-reactive ketones (excluding diaryl/α,β-unsaturated/α-hetero) is 1. The number of ketones is 1. The maximum absolute atomic E-state index is 12.3. The average Bonchev–Trinajstić information content (AvgIpc) is 2.74. The maximum Gasteiger partial charge on any atom is 0.340 e. The molecule has 1 saturated heterocycles. The van der Waals surface area contributed by atoms with E-state index in [-0.39, 0.29) is 4.57 Å². The molecule has 0 aliphatic carbocycles. The van der Waals surface area contributed by atoms with E-state index in [1.165, 1.54) is 0 Å². The van der Waals surface area contributed by atoms with Gasteiger partial charge in [-0.3, -0.25) is 19.0 Å². The lowest BCUT2D eigenvalue weighted by atomic mass is 10.1. The Morgan fingerprint density at radius 2 is 1.83 bits per heavy atom. The van der Waals surface area contributed by atoms with Crippen LogP contribution in [0.3, 0.4) is 0 Å². The third kappa shape index (κ3) is 2.77. The van der Waals surface area contributed by atoms with E-state index in [2.05, 4.69) is 0 Å². The van der Waals surface area contributed by atoms with Crippen LogP contribution in [0.4, 0.5) is 0 Å². The van der Waals surface area contributed by atoms with E-state index in [4.69, 9.17) is 9.84 Å². The second-order valence-corrected chi connectivity index (χ2v) is 5.18. The van der Waals surface area contributed by atoms with Crippen molar-refractivity contribution in [1.82, 2.24) is 9.13 Å². The Bertz CT molecular complexity index is 764. The maximum atomic E-state index is 12.3. The van der Waals surface area contributed by atoms with Gasteiger partial charge in [0.2, 0.25) is 5.91 Å². The normalized spacial score (nSPS) is 27.2. The van der Waals surface area contributed by atoms with E-state index in [0.29, 0.717) is 4.57 Å². The van der Waals surface area contributed by atoms with Crippen molar-refractivity contribution < 1.29 is 29.6 Å². The number of aliphatic hydroxyl groups is 3. The van der Waals surface area contributed by atoms with Crippen molar-refractivity contribution in [2.24, 2.45) is 0 Å². The van der Waals surface area contributed by atoms with Crippen molar-refractivity contribution in [3.05, 3.63) is 32.6 Å². The summed E-state index contributed by atoms with van der Waals surface area (Å²) in [5.41, 5.74) is -2.64. The number of hydrogen-bond donors (Lipinski definition) is 3. The van der Waals surface area contributed by atoms with Crippen LogP contribution >= 0.6 is 0 Å². The van der Waals surface area contributed by atoms with Crippen LogP contribution in [0.1, 0.15) is 35.2 Å². The summed E-state index contributed by atoms with van der Waals surface area (Å²) >= 11 is 0. The number of aliphatic hydroxyl groups excluding tert-OH is 3. The fraction of sp³-hybridized carbons (Fsp3) is 0.538. The van der Waals surface area contributed by atoms with Crippen LogP contribution in [0.2, 0.25) is 0 Å². The molecule has 1 aromatic heterocycles. The SMILES string of the molecule is CC(=O)c1cn([C@H]2O[C@@H](CO)C(O)C2O)c(=O)n(C(C)=O)c1=O. The van der Waals surface area contributed by atoms with Gasteiger partial charge in [0.15, 0.2) is 12.0 Å². The Kier molecular flexibility index (Phi) is 4.61. The molecule has 1 fully saturated rings. The molecule has 2 heterocycles. The van der Waals surface area contributed by atoms with E-state index < -0.39 is 59.6 Å². The van der Waals surface area contributed by atoms with Crippen LogP contribution in [0.25, 0.3) is 0 Å². The van der Waals surface area contributed by atoms with Gasteiger partial charge >= 0.3 is 5.69 Å². The molecule has 1 aromatic rings. The first-order valence-electron chi connectivity index (χ1n) is 6.73. The molecular weight excluding hydrogens is 312 g/mol. The zero-order valence-electron chi connectivity index (χ0n) is 12.4. The molecule has 0 radical (unpaired) electrons. The number of ether oxygens (including phenoxy) is 1. The highest BCUT2D eigenvalue weighted by molar-refractivity contribution is 5.94. The highest BCUT2D eigenvalue weighted by Gasteiger charge is 2.44. The summed E-state index contributed by atoms with van der Waals surface area (Å²) in [6, 6.07) is 0. The molecule has 126 valence electrons. The predicted octanol–water partition coefficient (Wildman–Crippen LogP) is -2.52. The average molecular weight is 328 g/mol. The van der Waals surface area contributed by atoms with Gasteiger partial charge in [-0.2, -0.15) is 4.57 Å². The highest BCUT2D eigenvalue weighted by atomic mass is 16.6. The quantitative estimate of drug-likeness (QED) is 0.515. The minimum atomic E-state index is -1.59. The van der Waals surface area contributed by atoms with Gasteiger partial charge < -0.3 is 20.1 Å². The Morgan fingerprint density at radius 3 is 2.26 bits per heavy atom. The fourth-order valence-electron chi connectivity index (χ4n) is 2.38. The zero-order valence-corrected chi connectivity index (χ0v) is 12.4. The summed E-state index contributed by atoms with van der Waals surface area (Å²) < 4.78 is 6.11. The van der Waals surface area contributed by atoms with Crippen LogP contribution in [-0.2, 0) is 4.74 Å². The summed E-state index contributed by atoms with van der Waals surface area (Å²) in [6.45, 7) is 1.43. The molecule has 10 nitrogen and oxygen atoms in total. The molecular formula is C13H16N2O8. The lowest BCUT2D eigenvalue weighted by Gasteiger charge is -2.19. The monoisotopic (exact) mass is 328 g/mol. The number of nitrogens with zero attached hydrogens (tertiary/aromatic N) is 2. The Hall–Kier alpha value is -2.14. The van der Waals surface area contributed by atoms with Crippen molar-refractivity contribution >= 4 is 11.7 Å². The van der Waals surface area contributed by atoms with Crippen LogP contribution in [-0.4, -0.2) is 61.1 Å². The molecule has 2 unspecified atom stereocenters. The largest absolute Gasteiger partial charge is 0.394 e. The second-order valence-electron chi connectivity index (χ2n) is 5.18. The standard InChI is InChI=1S/C13H16N2O8/c1-5(17)7-3-14(13(22)15(6(2)18)11(7)21)12-10(20)9(19)8(4-16)23-12/h3,8-10,12,16,19-20H,4H2,1-2H3/t8-,9?,10?,12-/m0/s1. The van der Waals surface area contributed by atoms with E-state index in [1.807, 2.05) is 0 Å². The minimum absolute atomic E-state index is 0.242. The van der Waals surface area contributed by atoms with Gasteiger partial charge in [0.25, 0.3) is 5.56 Å². The predicted molar refractivity (Wildman–Crippen MR) is 74.3 cm³/mol. The van der Waals surface area contributed by atoms with Gasteiger partial charge in [-0.15, -0.1) is 0 Å². The molecule has 0 aromatic carbocycles. The van der Waals surface area contributed by atoms with E-state index >= 15 is 0 Å². The van der Waals surface area contributed by atoms with Crippen molar-refractivity contribution in [3.63, 3.8) is 0 Å². The van der Waals surface area contributed by atoms with Crippen molar-refractivity contribution in [2.45, 2.75) is 38.4 Å². The topological polar surface area (TPSA) is 148 Å². The molecule has 10 heteroatoms. The van der Waals surface area contributed by atoms with Gasteiger partial charge in [-0.05, 0) is 6.92 Å². The Labute approximate surface area is 129 Å². The van der Waals surface area contributed by atoms with Crippen LogP contribution in [0, 0.1) is 0 Å². The molecule has 1 aliphatic heterocycles. The molecule has 0 amide bonds. The van der Waals surface area contributed by atoms with Gasteiger partial charge in [0.05, 0.1) is 12.2 Å². The number of carbonyl (C=O) groups excluding carboxylic acids is 2. The number of carbonyl (C=O) groups is 2. The molecule has 4 atom stereocenters. The first kappa shape index (κ1) is 17.2. The number of rotatable bonds is 3. The van der Waals surface area contributed by atoms with Gasteiger partial charge in [-0.1, -0.05) is 0 Å². The second kappa shape index (κ2) is 6.16. The van der Waals surface area contributed by atoms with Crippen LogP contribution in [0.5, 0.6) is 0 Å². The molecule has 0 spiro atoms. The van der Waals surface area contributed by atoms with E-state index in [1.54, 1.807) is 0 Å². The molecule has 0 bridgehead atoms. The number of aromatic nitrogens is 2. The number of hydrogen-bond acceptors (Lipinski definition) is 8. The van der Waals surface area contributed by atoms with Crippen LogP contribution < -0.4 is 11.2 Å². The fourth-order valence-corrected chi connectivity index (χ4v) is 2.38. The summed E-state index contributed by atoms with van der Waals surface area (Å²) in [5, 5.41) is 28.8. The lowest BCUT2D eigenvalue weighted by molar-refractivity contribution is -0.0554. The van der Waals surface area contributed by atoms with E-state index in [0.717, 1.165) is 20.0 Å². The summed E-state index contributed by atoms with van der Waals surface area (Å²) in [5.74, 6) is -1.60. The van der Waals surface area contributed by atoms with Crippen molar-refractivity contribution in [1.29, 1.82) is 0 Å². The first-order valence-corrected chi connectivity index (χ1v) is 6.73. The molecule has 0 saturated carbocycles.